The molecule has 0 saturated carbocycles. The molecule has 0 atom stereocenters. The number of hydrogen-bond acceptors (Lipinski definition) is 5. The standard InChI is InChI=1S/C29H24BNO2S2/c1-28(2)29(3,4)33-30(32-28)20-11-12-21-24(16-20)34-22-13-14-23-26(25(21)22)31-27(35-23)19-10-9-17-7-5-6-8-18(17)15-19/h5-16H,1-4H3. The van der Waals surface area contributed by atoms with E-state index in [0.29, 0.717) is 0 Å². The number of thiophene rings is 1. The number of rotatable bonds is 2. The van der Waals surface area contributed by atoms with Crippen LogP contribution < -0.4 is 5.46 Å². The molecule has 6 heteroatoms. The smallest absolute Gasteiger partial charge is 0.399 e. The van der Waals surface area contributed by atoms with Gasteiger partial charge < -0.3 is 9.31 Å². The third-order valence-electron chi connectivity index (χ3n) is 7.54. The highest BCUT2D eigenvalue weighted by atomic mass is 32.1. The summed E-state index contributed by atoms with van der Waals surface area (Å²) in [5, 5.41) is 6.04. The monoisotopic (exact) mass is 493 g/mol. The van der Waals surface area contributed by atoms with Gasteiger partial charge in [-0.1, -0.05) is 48.5 Å². The summed E-state index contributed by atoms with van der Waals surface area (Å²) in [5.74, 6) is 0. The average molecular weight is 493 g/mol. The molecule has 0 spiro atoms. The molecule has 172 valence electrons. The molecule has 0 amide bonds. The van der Waals surface area contributed by atoms with E-state index in [2.05, 4.69) is 100 Å². The zero-order chi connectivity index (χ0) is 23.9. The van der Waals surface area contributed by atoms with Gasteiger partial charge in [0.05, 0.1) is 21.4 Å². The summed E-state index contributed by atoms with van der Waals surface area (Å²) in [6.07, 6.45) is 0. The molecule has 6 aromatic rings. The second-order valence-corrected chi connectivity index (χ2v) is 12.4. The van der Waals surface area contributed by atoms with Crippen LogP contribution in [0.2, 0.25) is 0 Å². The molecular formula is C29H24BNO2S2. The highest BCUT2D eigenvalue weighted by molar-refractivity contribution is 7.26. The van der Waals surface area contributed by atoms with Crippen LogP contribution in [0.25, 0.3) is 51.7 Å². The number of hydrogen-bond donors (Lipinski definition) is 0. The normalized spacial score (nSPS) is 17.3. The van der Waals surface area contributed by atoms with Gasteiger partial charge in [-0.15, -0.1) is 22.7 Å². The van der Waals surface area contributed by atoms with E-state index >= 15 is 0 Å². The fourth-order valence-corrected chi connectivity index (χ4v) is 6.97. The summed E-state index contributed by atoms with van der Waals surface area (Å²) < 4.78 is 16.3. The van der Waals surface area contributed by atoms with Crippen molar-refractivity contribution in [2.24, 2.45) is 0 Å². The van der Waals surface area contributed by atoms with E-state index < -0.39 is 0 Å². The molecule has 1 saturated heterocycles. The van der Waals surface area contributed by atoms with Crippen molar-refractivity contribution in [1.82, 2.24) is 4.98 Å². The molecule has 1 aliphatic heterocycles. The zero-order valence-electron chi connectivity index (χ0n) is 20.1. The minimum Gasteiger partial charge on any atom is -0.399 e. The Bertz CT molecular complexity index is 1770. The molecule has 3 nitrogen and oxygen atoms in total. The van der Waals surface area contributed by atoms with Crippen molar-refractivity contribution < 1.29 is 9.31 Å². The first-order chi connectivity index (χ1) is 16.8. The van der Waals surface area contributed by atoms with Gasteiger partial charge in [-0.3, -0.25) is 0 Å². The lowest BCUT2D eigenvalue weighted by atomic mass is 9.79. The number of aromatic nitrogens is 1. The Hall–Kier alpha value is -2.77. The number of fused-ring (bicyclic) bond motifs is 6. The SMILES string of the molecule is CC1(C)OB(c2ccc3c(c2)sc2ccc4sc(-c5ccc6ccccc6c5)nc4c23)OC1(C)C. The van der Waals surface area contributed by atoms with E-state index in [1.54, 1.807) is 11.3 Å². The van der Waals surface area contributed by atoms with E-state index in [9.17, 15) is 0 Å². The lowest BCUT2D eigenvalue weighted by Crippen LogP contribution is -2.41. The van der Waals surface area contributed by atoms with E-state index in [1.807, 2.05) is 11.3 Å². The molecular weight excluding hydrogens is 469 g/mol. The van der Waals surface area contributed by atoms with Crippen LogP contribution in [0.15, 0.2) is 72.8 Å². The van der Waals surface area contributed by atoms with Crippen molar-refractivity contribution in [3.05, 3.63) is 72.8 Å². The van der Waals surface area contributed by atoms with Crippen LogP contribution in [0.5, 0.6) is 0 Å². The number of benzene rings is 4. The Kier molecular flexibility index (Phi) is 4.53. The maximum atomic E-state index is 6.30. The van der Waals surface area contributed by atoms with Crippen molar-refractivity contribution in [2.75, 3.05) is 0 Å². The van der Waals surface area contributed by atoms with Crippen LogP contribution >= 0.6 is 22.7 Å². The maximum absolute atomic E-state index is 6.30. The second kappa shape index (κ2) is 7.37. The summed E-state index contributed by atoms with van der Waals surface area (Å²) in [6, 6.07) is 26.1. The molecule has 35 heavy (non-hydrogen) atoms. The highest BCUT2D eigenvalue weighted by Gasteiger charge is 2.51. The molecule has 0 radical (unpaired) electrons. The minimum atomic E-state index is -0.353. The van der Waals surface area contributed by atoms with Gasteiger partial charge in [-0.05, 0) is 68.2 Å². The van der Waals surface area contributed by atoms with Gasteiger partial charge in [0.15, 0.2) is 0 Å². The van der Waals surface area contributed by atoms with Crippen LogP contribution in [-0.4, -0.2) is 23.3 Å². The van der Waals surface area contributed by atoms with E-state index in [1.165, 1.54) is 41.2 Å². The summed E-state index contributed by atoms with van der Waals surface area (Å²) >= 11 is 3.57. The topological polar surface area (TPSA) is 31.4 Å². The first-order valence-electron chi connectivity index (χ1n) is 11.9. The third-order valence-corrected chi connectivity index (χ3v) is 9.73. The first-order valence-corrected chi connectivity index (χ1v) is 13.5. The third kappa shape index (κ3) is 3.28. The molecule has 1 fully saturated rings. The van der Waals surface area contributed by atoms with E-state index in [-0.39, 0.29) is 18.3 Å². The van der Waals surface area contributed by atoms with E-state index in [0.717, 1.165) is 16.0 Å². The van der Waals surface area contributed by atoms with Crippen molar-refractivity contribution in [3.8, 4) is 10.6 Å². The molecule has 0 bridgehead atoms. The largest absolute Gasteiger partial charge is 0.494 e. The fourth-order valence-electron chi connectivity index (χ4n) is 4.84. The lowest BCUT2D eigenvalue weighted by molar-refractivity contribution is 0.00578. The van der Waals surface area contributed by atoms with Gasteiger partial charge in [-0.2, -0.15) is 0 Å². The predicted molar refractivity (Wildman–Crippen MR) is 151 cm³/mol. The predicted octanol–water partition coefficient (Wildman–Crippen LogP) is 7.78. The summed E-state index contributed by atoms with van der Waals surface area (Å²) in [5.41, 5.74) is 2.62. The van der Waals surface area contributed by atoms with Crippen LogP contribution in [0.4, 0.5) is 0 Å². The average Bonchev–Trinajstić information content (AvgIpc) is 3.49. The van der Waals surface area contributed by atoms with Gasteiger partial charge in [0.25, 0.3) is 0 Å². The van der Waals surface area contributed by atoms with Gasteiger partial charge >= 0.3 is 7.12 Å². The van der Waals surface area contributed by atoms with Gasteiger partial charge in [0.1, 0.15) is 5.01 Å². The molecule has 1 aliphatic rings. The van der Waals surface area contributed by atoms with Crippen molar-refractivity contribution in [3.63, 3.8) is 0 Å². The Balaban J connectivity index is 1.35. The fraction of sp³-hybridized carbons (Fsp3) is 0.207. The summed E-state index contributed by atoms with van der Waals surface area (Å²) in [7, 11) is -0.353. The molecule has 7 rings (SSSR count). The number of nitrogens with zero attached hydrogens (tertiary/aromatic N) is 1. The van der Waals surface area contributed by atoms with Crippen molar-refractivity contribution in [2.45, 2.75) is 38.9 Å². The highest BCUT2D eigenvalue weighted by Crippen LogP contribution is 2.42. The lowest BCUT2D eigenvalue weighted by Gasteiger charge is -2.32. The van der Waals surface area contributed by atoms with Crippen LogP contribution in [0, 0.1) is 0 Å². The number of thiazole rings is 1. The molecule has 0 N–H and O–H groups in total. The van der Waals surface area contributed by atoms with Gasteiger partial charge in [-0.25, -0.2) is 4.98 Å². The van der Waals surface area contributed by atoms with Crippen LogP contribution in [0.3, 0.4) is 0 Å². The molecule has 3 heterocycles. The molecule has 2 aromatic heterocycles. The molecule has 4 aromatic carbocycles. The summed E-state index contributed by atoms with van der Waals surface area (Å²) in [6.45, 7) is 8.38. The molecule has 0 aliphatic carbocycles. The Morgan fingerprint density at radius 3 is 2.26 bits per heavy atom. The summed E-state index contributed by atoms with van der Waals surface area (Å²) in [4.78, 5) is 5.15. The van der Waals surface area contributed by atoms with Gasteiger partial charge in [0, 0.05) is 25.7 Å². The van der Waals surface area contributed by atoms with Gasteiger partial charge in [0.2, 0.25) is 0 Å². The van der Waals surface area contributed by atoms with Crippen LogP contribution in [0.1, 0.15) is 27.7 Å². The first kappa shape index (κ1) is 21.5. The quantitative estimate of drug-likeness (QED) is 0.231. The Morgan fingerprint density at radius 1 is 0.714 bits per heavy atom. The second-order valence-electron chi connectivity index (χ2n) is 10.3. The zero-order valence-corrected chi connectivity index (χ0v) is 21.7. The van der Waals surface area contributed by atoms with Crippen molar-refractivity contribution in [1.29, 1.82) is 0 Å². The Morgan fingerprint density at radius 2 is 1.46 bits per heavy atom. The Labute approximate surface area is 212 Å². The minimum absolute atomic E-state index is 0.348. The van der Waals surface area contributed by atoms with Crippen molar-refractivity contribution >= 4 is 76.4 Å². The van der Waals surface area contributed by atoms with E-state index in [4.69, 9.17) is 14.3 Å². The van der Waals surface area contributed by atoms with Crippen LogP contribution in [-0.2, 0) is 9.31 Å². The molecule has 0 unspecified atom stereocenters. The maximum Gasteiger partial charge on any atom is 0.494 e.